The molecule has 4 heteroatoms. The number of benzene rings is 2. The van der Waals surface area contributed by atoms with E-state index in [9.17, 15) is 4.79 Å². The van der Waals surface area contributed by atoms with Gasteiger partial charge in [-0.15, -0.1) is 0 Å². The first-order chi connectivity index (χ1) is 12.7. The van der Waals surface area contributed by atoms with Crippen molar-refractivity contribution >= 4 is 16.9 Å². The molecule has 0 radical (unpaired) electrons. The fraction of sp³-hybridized carbons (Fsp3) is 0.364. The Hall–Kier alpha value is -2.62. The van der Waals surface area contributed by atoms with Crippen LogP contribution in [0.1, 0.15) is 52.6 Å². The molecule has 1 N–H and O–H groups in total. The summed E-state index contributed by atoms with van der Waals surface area (Å²) in [7, 11) is 0. The Bertz CT molecular complexity index is 983. The smallest absolute Gasteiger partial charge is 0.251 e. The standard InChI is InChI=1S/C22H23N3O/c1-14-4-6-15(7-5-14)21(16-8-9-16)24-22(26)17-10-11-18-19(13-17)25-12-2-3-20(25)23-18/h4-7,10-11,13,16,21H,2-3,8-9,12H2,1H3,(H,24,26)/t21-/m1/s1. The third-order valence-corrected chi connectivity index (χ3v) is 5.69. The summed E-state index contributed by atoms with van der Waals surface area (Å²) in [5.74, 6) is 1.72. The Kier molecular flexibility index (Phi) is 3.59. The number of aromatic nitrogens is 2. The molecule has 1 atom stereocenters. The molecule has 2 aromatic carbocycles. The van der Waals surface area contributed by atoms with Crippen molar-refractivity contribution in [3.05, 3.63) is 65.0 Å². The van der Waals surface area contributed by atoms with Gasteiger partial charge < -0.3 is 9.88 Å². The van der Waals surface area contributed by atoms with Gasteiger partial charge >= 0.3 is 0 Å². The van der Waals surface area contributed by atoms with Crippen molar-refractivity contribution in [1.29, 1.82) is 0 Å². The van der Waals surface area contributed by atoms with E-state index in [0.717, 1.165) is 41.8 Å². The van der Waals surface area contributed by atoms with Gasteiger partial charge in [0, 0.05) is 18.5 Å². The van der Waals surface area contributed by atoms with E-state index in [0.29, 0.717) is 5.92 Å². The molecule has 4 nitrogen and oxygen atoms in total. The summed E-state index contributed by atoms with van der Waals surface area (Å²) in [6.07, 6.45) is 4.56. The highest BCUT2D eigenvalue weighted by atomic mass is 16.1. The lowest BCUT2D eigenvalue weighted by atomic mass is 10.0. The van der Waals surface area contributed by atoms with Gasteiger partial charge in [-0.05, 0) is 55.9 Å². The predicted octanol–water partition coefficient (Wildman–Crippen LogP) is 4.17. The monoisotopic (exact) mass is 345 g/mol. The number of nitrogens with zero attached hydrogens (tertiary/aromatic N) is 2. The first-order valence-corrected chi connectivity index (χ1v) is 9.55. The summed E-state index contributed by atoms with van der Waals surface area (Å²) in [6, 6.07) is 14.5. The van der Waals surface area contributed by atoms with Crippen LogP contribution in [0.4, 0.5) is 0 Å². The lowest BCUT2D eigenvalue weighted by molar-refractivity contribution is 0.0932. The van der Waals surface area contributed by atoms with Crippen LogP contribution < -0.4 is 5.32 Å². The average Bonchev–Trinajstić information content (AvgIpc) is 3.28. The van der Waals surface area contributed by atoms with Crippen LogP contribution in [0, 0.1) is 12.8 Å². The van der Waals surface area contributed by atoms with Crippen LogP contribution in [0.3, 0.4) is 0 Å². The van der Waals surface area contributed by atoms with E-state index in [4.69, 9.17) is 0 Å². The number of carbonyl (C=O) groups is 1. The van der Waals surface area contributed by atoms with Gasteiger partial charge in [0.25, 0.3) is 5.91 Å². The minimum absolute atomic E-state index is 0.0120. The summed E-state index contributed by atoms with van der Waals surface area (Å²) in [5, 5.41) is 3.29. The molecule has 1 amide bonds. The number of fused-ring (bicyclic) bond motifs is 3. The molecule has 0 bridgehead atoms. The third kappa shape index (κ3) is 2.70. The topological polar surface area (TPSA) is 46.9 Å². The fourth-order valence-corrected chi connectivity index (χ4v) is 4.05. The molecule has 5 rings (SSSR count). The predicted molar refractivity (Wildman–Crippen MR) is 102 cm³/mol. The molecule has 0 spiro atoms. The Morgan fingerprint density at radius 3 is 2.77 bits per heavy atom. The second-order valence-electron chi connectivity index (χ2n) is 7.69. The number of hydrogen-bond acceptors (Lipinski definition) is 2. The summed E-state index contributed by atoms with van der Waals surface area (Å²) < 4.78 is 2.25. The van der Waals surface area contributed by atoms with Gasteiger partial charge in [-0.3, -0.25) is 4.79 Å². The zero-order valence-corrected chi connectivity index (χ0v) is 15.0. The number of hydrogen-bond donors (Lipinski definition) is 1. The molecular formula is C22H23N3O. The van der Waals surface area contributed by atoms with Crippen LogP contribution in [0.2, 0.25) is 0 Å². The highest BCUT2D eigenvalue weighted by Gasteiger charge is 2.33. The van der Waals surface area contributed by atoms with Crippen molar-refractivity contribution in [3.8, 4) is 0 Å². The van der Waals surface area contributed by atoms with Crippen LogP contribution in [0.15, 0.2) is 42.5 Å². The van der Waals surface area contributed by atoms with E-state index < -0.39 is 0 Å². The lowest BCUT2D eigenvalue weighted by Crippen LogP contribution is -2.29. The molecule has 2 aliphatic rings. The SMILES string of the molecule is Cc1ccc([C@@H](NC(=O)c2ccc3nc4n(c3c2)CCC4)C2CC2)cc1. The van der Waals surface area contributed by atoms with Gasteiger partial charge in [0.1, 0.15) is 5.82 Å². The van der Waals surface area contributed by atoms with Crippen molar-refractivity contribution in [1.82, 2.24) is 14.9 Å². The Morgan fingerprint density at radius 2 is 2.00 bits per heavy atom. The maximum absolute atomic E-state index is 13.0. The summed E-state index contributed by atoms with van der Waals surface area (Å²) in [4.78, 5) is 17.6. The maximum atomic E-state index is 13.0. The van der Waals surface area contributed by atoms with E-state index in [1.807, 2.05) is 18.2 Å². The molecule has 0 unspecified atom stereocenters. The minimum atomic E-state index is 0.0120. The van der Waals surface area contributed by atoms with Crippen LogP contribution in [0.5, 0.6) is 0 Å². The van der Waals surface area contributed by atoms with Gasteiger partial charge in [0.05, 0.1) is 17.1 Å². The number of nitrogens with one attached hydrogen (secondary N) is 1. The molecule has 2 heterocycles. The first-order valence-electron chi connectivity index (χ1n) is 9.55. The second kappa shape index (κ2) is 5.97. The number of aryl methyl sites for hydroxylation is 3. The Labute approximate surface area is 153 Å². The first kappa shape index (κ1) is 15.6. The van der Waals surface area contributed by atoms with Crippen molar-refractivity contribution in [3.63, 3.8) is 0 Å². The molecule has 1 aromatic heterocycles. The number of carbonyl (C=O) groups excluding carboxylic acids is 1. The normalized spacial score (nSPS) is 17.3. The summed E-state index contributed by atoms with van der Waals surface area (Å²) in [5.41, 5.74) is 5.26. The van der Waals surface area contributed by atoms with Crippen LogP contribution >= 0.6 is 0 Å². The highest BCUT2D eigenvalue weighted by Crippen LogP contribution is 2.41. The van der Waals surface area contributed by atoms with Crippen molar-refractivity contribution < 1.29 is 4.79 Å². The minimum Gasteiger partial charge on any atom is -0.345 e. The Morgan fingerprint density at radius 1 is 1.19 bits per heavy atom. The van der Waals surface area contributed by atoms with Crippen molar-refractivity contribution in [2.45, 2.75) is 45.2 Å². The van der Waals surface area contributed by atoms with Crippen LogP contribution in [-0.2, 0) is 13.0 Å². The average molecular weight is 345 g/mol. The molecule has 3 aromatic rings. The van der Waals surface area contributed by atoms with Gasteiger partial charge in [-0.25, -0.2) is 4.98 Å². The Balaban J connectivity index is 1.43. The van der Waals surface area contributed by atoms with Gasteiger partial charge in [0.2, 0.25) is 0 Å². The molecular weight excluding hydrogens is 322 g/mol. The number of amides is 1. The van der Waals surface area contributed by atoms with Crippen molar-refractivity contribution in [2.75, 3.05) is 0 Å². The molecule has 1 aliphatic carbocycles. The van der Waals surface area contributed by atoms with Crippen LogP contribution in [-0.4, -0.2) is 15.5 Å². The zero-order chi connectivity index (χ0) is 17.7. The fourth-order valence-electron chi connectivity index (χ4n) is 4.05. The molecule has 1 aliphatic heterocycles. The van der Waals surface area contributed by atoms with E-state index in [1.54, 1.807) is 0 Å². The quantitative estimate of drug-likeness (QED) is 0.771. The molecule has 132 valence electrons. The van der Waals surface area contributed by atoms with Gasteiger partial charge in [-0.2, -0.15) is 0 Å². The zero-order valence-electron chi connectivity index (χ0n) is 15.0. The molecule has 0 saturated heterocycles. The van der Waals surface area contributed by atoms with Crippen molar-refractivity contribution in [2.24, 2.45) is 5.92 Å². The number of rotatable bonds is 4. The van der Waals surface area contributed by atoms with Gasteiger partial charge in [0.15, 0.2) is 0 Å². The summed E-state index contributed by atoms with van der Waals surface area (Å²) >= 11 is 0. The summed E-state index contributed by atoms with van der Waals surface area (Å²) in [6.45, 7) is 3.10. The molecule has 1 saturated carbocycles. The van der Waals surface area contributed by atoms with Gasteiger partial charge in [-0.1, -0.05) is 29.8 Å². The highest BCUT2D eigenvalue weighted by molar-refractivity contribution is 5.97. The van der Waals surface area contributed by atoms with E-state index in [-0.39, 0.29) is 11.9 Å². The van der Waals surface area contributed by atoms with E-state index >= 15 is 0 Å². The third-order valence-electron chi connectivity index (χ3n) is 5.69. The maximum Gasteiger partial charge on any atom is 0.251 e. The lowest BCUT2D eigenvalue weighted by Gasteiger charge is -2.19. The van der Waals surface area contributed by atoms with E-state index in [1.165, 1.54) is 24.0 Å². The molecule has 1 fully saturated rings. The van der Waals surface area contributed by atoms with Crippen LogP contribution in [0.25, 0.3) is 11.0 Å². The largest absolute Gasteiger partial charge is 0.345 e. The number of imidazole rings is 1. The molecule has 26 heavy (non-hydrogen) atoms. The second-order valence-corrected chi connectivity index (χ2v) is 7.69. The van der Waals surface area contributed by atoms with E-state index in [2.05, 4.69) is 46.1 Å².